The number of ether oxygens (including phenoxy) is 1. The van der Waals surface area contributed by atoms with E-state index in [-0.39, 0.29) is 42.3 Å². The zero-order valence-corrected chi connectivity index (χ0v) is 32.1. The summed E-state index contributed by atoms with van der Waals surface area (Å²) in [6, 6.07) is 15.1. The minimum absolute atomic E-state index is 0.00474. The molecule has 2 aliphatic rings. The van der Waals surface area contributed by atoms with Crippen LogP contribution in [-0.4, -0.2) is 98.1 Å². The van der Waals surface area contributed by atoms with Crippen molar-refractivity contribution in [1.82, 2.24) is 41.1 Å². The van der Waals surface area contributed by atoms with E-state index >= 15 is 0 Å². The standard InChI is InChI=1S/C40H48N10O6/c1-24-19-33(38(54)49-18-17-42-34(51)23-49)43-22-31(24)27-9-5-25(6-10-27)20-32(41)37(53)50(30-15-13-28(14-16-30)35-45-47-48-46-35)36(52)29-11-7-26(8-12-29)21-44-39(55)56-40(2,3)4/h5-6,9-10,13-16,19,22,26,29,32H,7-8,11-12,17-18,20-21,23,41H2,1-4H3,(H,42,51)(H,44,55)(H,45,46,47,48)/t26?,29?,32-/m0/s1. The van der Waals surface area contributed by atoms with Crippen LogP contribution in [0.15, 0.2) is 60.8 Å². The number of piperazine rings is 1. The molecule has 0 bridgehead atoms. The summed E-state index contributed by atoms with van der Waals surface area (Å²) in [7, 11) is 0. The molecule has 5 amide bonds. The first-order chi connectivity index (χ1) is 26.8. The number of nitrogens with zero attached hydrogens (tertiary/aromatic N) is 6. The molecule has 1 aliphatic heterocycles. The van der Waals surface area contributed by atoms with Gasteiger partial charge in [0.05, 0.1) is 18.3 Å². The van der Waals surface area contributed by atoms with E-state index in [0.29, 0.717) is 62.4 Å². The van der Waals surface area contributed by atoms with E-state index in [1.54, 1.807) is 36.5 Å². The molecule has 16 nitrogen and oxygen atoms in total. The van der Waals surface area contributed by atoms with Gasteiger partial charge < -0.3 is 26.0 Å². The van der Waals surface area contributed by atoms with Gasteiger partial charge in [-0.2, -0.15) is 5.21 Å². The van der Waals surface area contributed by atoms with E-state index in [4.69, 9.17) is 10.5 Å². The van der Waals surface area contributed by atoms with Gasteiger partial charge in [-0.3, -0.25) is 24.2 Å². The van der Waals surface area contributed by atoms with Crippen molar-refractivity contribution in [3.05, 3.63) is 77.6 Å². The molecule has 2 fully saturated rings. The molecule has 0 radical (unpaired) electrons. The van der Waals surface area contributed by atoms with Crippen molar-refractivity contribution in [2.24, 2.45) is 17.6 Å². The molecule has 1 saturated heterocycles. The van der Waals surface area contributed by atoms with Crippen LogP contribution in [0.2, 0.25) is 0 Å². The minimum atomic E-state index is -1.03. The summed E-state index contributed by atoms with van der Waals surface area (Å²) in [6.45, 7) is 8.61. The number of tetrazole rings is 1. The first-order valence-electron chi connectivity index (χ1n) is 18.8. The highest BCUT2D eigenvalue weighted by Gasteiger charge is 2.35. The van der Waals surface area contributed by atoms with E-state index in [1.807, 2.05) is 52.0 Å². The van der Waals surface area contributed by atoms with Crippen LogP contribution in [-0.2, 0) is 25.5 Å². The van der Waals surface area contributed by atoms with Gasteiger partial charge in [0.15, 0.2) is 0 Å². The summed E-state index contributed by atoms with van der Waals surface area (Å²) in [6.07, 6.45) is 3.88. The number of amides is 5. The number of rotatable bonds is 10. The van der Waals surface area contributed by atoms with Crippen LogP contribution in [0.3, 0.4) is 0 Å². The lowest BCUT2D eigenvalue weighted by molar-refractivity contribution is -0.130. The molecule has 0 unspecified atom stereocenters. The minimum Gasteiger partial charge on any atom is -0.444 e. The van der Waals surface area contributed by atoms with Gasteiger partial charge in [0.1, 0.15) is 11.3 Å². The molecular formula is C40H48N10O6. The maximum atomic E-state index is 14.2. The number of H-pyrrole nitrogens is 1. The molecule has 3 heterocycles. The number of aryl methyl sites for hydroxylation is 1. The van der Waals surface area contributed by atoms with Crippen molar-refractivity contribution < 1.29 is 28.7 Å². The summed E-state index contributed by atoms with van der Waals surface area (Å²) in [4.78, 5) is 72.4. The molecule has 5 N–H and O–H groups in total. The first-order valence-corrected chi connectivity index (χ1v) is 18.8. The molecular weight excluding hydrogens is 717 g/mol. The molecule has 56 heavy (non-hydrogen) atoms. The van der Waals surface area contributed by atoms with Crippen LogP contribution in [0.5, 0.6) is 0 Å². The van der Waals surface area contributed by atoms with Crippen molar-refractivity contribution in [3.8, 4) is 22.5 Å². The fraction of sp³-hybridized carbons (Fsp3) is 0.425. The van der Waals surface area contributed by atoms with Gasteiger partial charge in [0.2, 0.25) is 17.6 Å². The van der Waals surface area contributed by atoms with E-state index in [9.17, 15) is 24.0 Å². The highest BCUT2D eigenvalue weighted by atomic mass is 16.6. The molecule has 1 aliphatic carbocycles. The third-order valence-corrected chi connectivity index (χ3v) is 9.99. The van der Waals surface area contributed by atoms with Gasteiger partial charge >= 0.3 is 6.09 Å². The molecule has 4 aromatic rings. The van der Waals surface area contributed by atoms with E-state index in [2.05, 4.69) is 36.2 Å². The molecule has 1 atom stereocenters. The lowest BCUT2D eigenvalue weighted by atomic mass is 9.81. The average molecular weight is 765 g/mol. The van der Waals surface area contributed by atoms with Crippen molar-refractivity contribution >= 4 is 35.4 Å². The molecule has 294 valence electrons. The number of carbonyl (C=O) groups is 5. The normalized spacial score (nSPS) is 17.7. The van der Waals surface area contributed by atoms with Crippen molar-refractivity contribution in [3.63, 3.8) is 0 Å². The largest absolute Gasteiger partial charge is 0.444 e. The SMILES string of the molecule is Cc1cc(C(=O)N2CCNC(=O)C2)ncc1-c1ccc(C[C@H](N)C(=O)N(C(=O)C2CCC(CNC(=O)OC(C)(C)C)CC2)c2ccc(-c3nn[nH]n3)cc2)cc1. The topological polar surface area (TPSA) is 218 Å². The zero-order valence-electron chi connectivity index (χ0n) is 32.1. The maximum absolute atomic E-state index is 14.2. The summed E-state index contributed by atoms with van der Waals surface area (Å²) in [5, 5.41) is 19.6. The monoisotopic (exact) mass is 764 g/mol. The third-order valence-electron chi connectivity index (χ3n) is 9.99. The number of hydrogen-bond acceptors (Lipinski definition) is 11. The average Bonchev–Trinajstić information content (AvgIpc) is 3.72. The van der Waals surface area contributed by atoms with Gasteiger partial charge in [-0.25, -0.2) is 9.69 Å². The van der Waals surface area contributed by atoms with E-state index in [0.717, 1.165) is 22.3 Å². The Bertz CT molecular complexity index is 2040. The fourth-order valence-corrected chi connectivity index (χ4v) is 7.02. The Morgan fingerprint density at radius 2 is 1.71 bits per heavy atom. The number of nitrogens with one attached hydrogen (secondary N) is 3. The molecule has 6 rings (SSSR count). The summed E-state index contributed by atoms with van der Waals surface area (Å²) in [5.41, 5.74) is 10.7. The second kappa shape index (κ2) is 17.2. The predicted octanol–water partition coefficient (Wildman–Crippen LogP) is 3.57. The second-order valence-electron chi connectivity index (χ2n) is 15.4. The molecule has 16 heteroatoms. The summed E-state index contributed by atoms with van der Waals surface area (Å²) < 4.78 is 5.36. The summed E-state index contributed by atoms with van der Waals surface area (Å²) >= 11 is 0. The Morgan fingerprint density at radius 1 is 1.02 bits per heavy atom. The predicted molar refractivity (Wildman–Crippen MR) is 207 cm³/mol. The van der Waals surface area contributed by atoms with Crippen LogP contribution >= 0.6 is 0 Å². The van der Waals surface area contributed by atoms with Gasteiger partial charge in [0, 0.05) is 42.9 Å². The Morgan fingerprint density at radius 3 is 2.34 bits per heavy atom. The van der Waals surface area contributed by atoms with Crippen LogP contribution in [0, 0.1) is 18.8 Å². The van der Waals surface area contributed by atoms with Crippen LogP contribution < -0.4 is 21.3 Å². The number of aromatic nitrogens is 5. The Kier molecular flexibility index (Phi) is 12.2. The van der Waals surface area contributed by atoms with E-state index < -0.39 is 29.6 Å². The highest BCUT2D eigenvalue weighted by Crippen LogP contribution is 2.32. The maximum Gasteiger partial charge on any atom is 0.407 e. The molecule has 0 spiro atoms. The number of pyridine rings is 1. The number of anilines is 1. The highest BCUT2D eigenvalue weighted by molar-refractivity contribution is 6.17. The second-order valence-corrected chi connectivity index (χ2v) is 15.4. The van der Waals surface area contributed by atoms with Gasteiger partial charge in [-0.1, -0.05) is 24.3 Å². The molecule has 2 aromatic carbocycles. The lowest BCUT2D eigenvalue weighted by Crippen LogP contribution is -2.50. The number of imide groups is 1. The molecule has 2 aromatic heterocycles. The Hall–Kier alpha value is -6.03. The van der Waals surface area contributed by atoms with Crippen molar-refractivity contribution in [2.75, 3.05) is 31.1 Å². The lowest BCUT2D eigenvalue weighted by Gasteiger charge is -2.32. The number of carbonyl (C=O) groups excluding carboxylic acids is 5. The fourth-order valence-electron chi connectivity index (χ4n) is 7.02. The van der Waals surface area contributed by atoms with Crippen molar-refractivity contribution in [2.45, 2.75) is 71.4 Å². The van der Waals surface area contributed by atoms with Crippen molar-refractivity contribution in [1.29, 1.82) is 0 Å². The third kappa shape index (κ3) is 9.79. The Labute approximate surface area is 324 Å². The quantitative estimate of drug-likeness (QED) is 0.183. The van der Waals surface area contributed by atoms with Gasteiger partial charge in [-0.05, 0) is 118 Å². The number of aromatic amines is 1. The van der Waals surface area contributed by atoms with Crippen LogP contribution in [0.25, 0.3) is 22.5 Å². The van der Waals surface area contributed by atoms with Crippen LogP contribution in [0.1, 0.15) is 68.1 Å². The number of nitrogens with two attached hydrogens (primary N) is 1. The smallest absolute Gasteiger partial charge is 0.407 e. The van der Waals surface area contributed by atoms with Gasteiger partial charge in [0.25, 0.3) is 11.8 Å². The van der Waals surface area contributed by atoms with Gasteiger partial charge in [-0.15, -0.1) is 10.2 Å². The number of alkyl carbamates (subject to hydrolysis) is 1. The summed E-state index contributed by atoms with van der Waals surface area (Å²) in [5.74, 6) is -1.18. The number of benzene rings is 2. The molecule has 1 saturated carbocycles. The zero-order chi connectivity index (χ0) is 40.0. The first kappa shape index (κ1) is 39.7. The number of hydrogen-bond donors (Lipinski definition) is 4. The Balaban J connectivity index is 1.13. The van der Waals surface area contributed by atoms with E-state index in [1.165, 1.54) is 9.80 Å². The van der Waals surface area contributed by atoms with Crippen LogP contribution in [0.4, 0.5) is 10.5 Å².